The molecule has 1 fully saturated rings. The van der Waals surface area contributed by atoms with Crippen molar-refractivity contribution in [1.29, 1.82) is 0 Å². The van der Waals surface area contributed by atoms with Crippen LogP contribution in [0.5, 0.6) is 0 Å². The van der Waals surface area contributed by atoms with Crippen LogP contribution >= 0.6 is 0 Å². The second kappa shape index (κ2) is 6.53. The summed E-state index contributed by atoms with van der Waals surface area (Å²) in [6.07, 6.45) is 1.78. The van der Waals surface area contributed by atoms with Gasteiger partial charge in [-0.05, 0) is 45.7 Å². The highest BCUT2D eigenvalue weighted by Crippen LogP contribution is 2.27. The number of nitrogens with two attached hydrogens (primary N) is 1. The van der Waals surface area contributed by atoms with Crippen LogP contribution in [-0.4, -0.2) is 58.2 Å². The van der Waals surface area contributed by atoms with Gasteiger partial charge in [0.05, 0.1) is 12.1 Å². The fourth-order valence-corrected chi connectivity index (χ4v) is 2.74. The van der Waals surface area contributed by atoms with Crippen LogP contribution in [0.3, 0.4) is 0 Å². The van der Waals surface area contributed by atoms with E-state index in [2.05, 4.69) is 26.8 Å². The maximum absolute atomic E-state index is 9.68. The predicted molar refractivity (Wildman–Crippen MR) is 83.0 cm³/mol. The van der Waals surface area contributed by atoms with Crippen LogP contribution in [0, 0.1) is 5.92 Å². The molecule has 0 bridgehead atoms. The number of likely N-dealkylation sites (tertiary alicyclic amines) is 1. The summed E-state index contributed by atoms with van der Waals surface area (Å²) in [5.74, 6) is 1.95. The first-order chi connectivity index (χ1) is 9.88. The highest BCUT2D eigenvalue weighted by Gasteiger charge is 2.27. The van der Waals surface area contributed by atoms with Gasteiger partial charge in [-0.3, -0.25) is 4.90 Å². The number of aromatic nitrogens is 3. The summed E-state index contributed by atoms with van der Waals surface area (Å²) in [7, 11) is 3.77. The first-order valence-electron chi connectivity index (χ1n) is 7.49. The Hall–Kier alpha value is -1.47. The van der Waals surface area contributed by atoms with Crippen molar-refractivity contribution in [3.8, 4) is 0 Å². The minimum Gasteiger partial charge on any atom is -0.393 e. The summed E-state index contributed by atoms with van der Waals surface area (Å²) < 4.78 is 0. The lowest BCUT2D eigenvalue weighted by atomic mass is 9.91. The molecule has 2 atom stereocenters. The van der Waals surface area contributed by atoms with Gasteiger partial charge in [0.1, 0.15) is 0 Å². The molecule has 0 aromatic carbocycles. The van der Waals surface area contributed by atoms with Gasteiger partial charge in [0.2, 0.25) is 11.9 Å². The molecule has 0 spiro atoms. The standard InChI is InChI=1S/C14H26N6O/c1-9(20-7-5-11(6-8-20)10(2)21)12-16-13(15)18-14(17-12)19(3)4/h9-11,21H,5-8H2,1-4H3,(H2,15,16,17,18). The fraction of sp³-hybridized carbons (Fsp3) is 0.786. The van der Waals surface area contributed by atoms with Gasteiger partial charge in [-0.25, -0.2) is 0 Å². The van der Waals surface area contributed by atoms with E-state index in [-0.39, 0.29) is 18.1 Å². The summed E-state index contributed by atoms with van der Waals surface area (Å²) in [6, 6.07) is 0.101. The van der Waals surface area contributed by atoms with Crippen molar-refractivity contribution in [2.24, 2.45) is 5.92 Å². The van der Waals surface area contributed by atoms with E-state index in [4.69, 9.17) is 5.73 Å². The number of piperidine rings is 1. The average molecular weight is 294 g/mol. The van der Waals surface area contributed by atoms with Gasteiger partial charge in [0.25, 0.3) is 0 Å². The Kier molecular flexibility index (Phi) is 4.95. The number of aliphatic hydroxyl groups is 1. The Balaban J connectivity index is 2.08. The lowest BCUT2D eigenvalue weighted by Gasteiger charge is -2.36. The SMILES string of the molecule is CC(O)C1CCN(C(C)c2nc(N)nc(N(C)C)n2)CC1. The number of nitrogen functional groups attached to an aromatic ring is 1. The molecule has 1 aliphatic heterocycles. The van der Waals surface area contributed by atoms with E-state index in [0.717, 1.165) is 25.9 Å². The Morgan fingerprint density at radius 1 is 1.19 bits per heavy atom. The van der Waals surface area contributed by atoms with E-state index in [9.17, 15) is 5.11 Å². The molecule has 21 heavy (non-hydrogen) atoms. The van der Waals surface area contributed by atoms with Crippen molar-refractivity contribution in [3.05, 3.63) is 5.82 Å². The molecule has 2 heterocycles. The van der Waals surface area contributed by atoms with E-state index in [1.807, 2.05) is 25.9 Å². The van der Waals surface area contributed by atoms with E-state index in [1.165, 1.54) is 0 Å². The van der Waals surface area contributed by atoms with Crippen molar-refractivity contribution in [3.63, 3.8) is 0 Å². The third-order valence-corrected chi connectivity index (χ3v) is 4.24. The molecule has 0 aliphatic carbocycles. The summed E-state index contributed by atoms with van der Waals surface area (Å²) in [6.45, 7) is 5.86. The van der Waals surface area contributed by atoms with Crippen molar-refractivity contribution in [2.75, 3.05) is 37.8 Å². The fourth-order valence-electron chi connectivity index (χ4n) is 2.74. The smallest absolute Gasteiger partial charge is 0.229 e. The largest absolute Gasteiger partial charge is 0.393 e. The number of anilines is 2. The molecular weight excluding hydrogens is 268 g/mol. The van der Waals surface area contributed by atoms with Gasteiger partial charge in [0.15, 0.2) is 5.82 Å². The molecule has 1 aromatic heterocycles. The molecule has 0 radical (unpaired) electrons. The second-order valence-electron chi connectivity index (χ2n) is 6.04. The summed E-state index contributed by atoms with van der Waals surface area (Å²) in [5.41, 5.74) is 5.79. The molecule has 3 N–H and O–H groups in total. The maximum atomic E-state index is 9.68. The molecule has 7 heteroatoms. The van der Waals surface area contributed by atoms with E-state index in [1.54, 1.807) is 0 Å². The third-order valence-electron chi connectivity index (χ3n) is 4.24. The minimum absolute atomic E-state index is 0.101. The molecule has 1 saturated heterocycles. The quantitative estimate of drug-likeness (QED) is 0.843. The lowest BCUT2D eigenvalue weighted by molar-refractivity contribution is 0.0571. The molecular formula is C14H26N6O. The van der Waals surface area contributed by atoms with Crippen molar-refractivity contribution < 1.29 is 5.11 Å². The van der Waals surface area contributed by atoms with Crippen LogP contribution in [0.2, 0.25) is 0 Å². The van der Waals surface area contributed by atoms with E-state index in [0.29, 0.717) is 17.7 Å². The molecule has 1 aromatic rings. The van der Waals surface area contributed by atoms with Gasteiger partial charge >= 0.3 is 0 Å². The zero-order valence-electron chi connectivity index (χ0n) is 13.3. The molecule has 0 saturated carbocycles. The highest BCUT2D eigenvalue weighted by atomic mass is 16.3. The predicted octanol–water partition coefficient (Wildman–Crippen LogP) is 0.674. The molecule has 2 unspecified atom stereocenters. The van der Waals surface area contributed by atoms with Crippen molar-refractivity contribution in [1.82, 2.24) is 19.9 Å². The zero-order valence-corrected chi connectivity index (χ0v) is 13.3. The highest BCUT2D eigenvalue weighted by molar-refractivity contribution is 5.33. The zero-order chi connectivity index (χ0) is 15.6. The van der Waals surface area contributed by atoms with E-state index >= 15 is 0 Å². The Bertz CT molecular complexity index is 471. The average Bonchev–Trinajstić information content (AvgIpc) is 2.45. The van der Waals surface area contributed by atoms with Crippen molar-refractivity contribution in [2.45, 2.75) is 38.8 Å². The van der Waals surface area contributed by atoms with Crippen LogP contribution in [0.15, 0.2) is 0 Å². The third kappa shape index (κ3) is 3.79. The molecule has 118 valence electrons. The van der Waals surface area contributed by atoms with Crippen LogP contribution in [0.25, 0.3) is 0 Å². The van der Waals surface area contributed by atoms with Crippen LogP contribution < -0.4 is 10.6 Å². The van der Waals surface area contributed by atoms with Gasteiger partial charge in [0, 0.05) is 14.1 Å². The first kappa shape index (κ1) is 15.9. The van der Waals surface area contributed by atoms with Gasteiger partial charge in [-0.15, -0.1) is 0 Å². The number of hydrogen-bond acceptors (Lipinski definition) is 7. The Morgan fingerprint density at radius 3 is 2.33 bits per heavy atom. The number of rotatable bonds is 4. The lowest BCUT2D eigenvalue weighted by Crippen LogP contribution is -2.39. The first-order valence-corrected chi connectivity index (χ1v) is 7.49. The molecule has 2 rings (SSSR count). The minimum atomic E-state index is -0.226. The number of nitrogens with zero attached hydrogens (tertiary/aromatic N) is 5. The van der Waals surface area contributed by atoms with Crippen LogP contribution in [0.4, 0.5) is 11.9 Å². The van der Waals surface area contributed by atoms with Crippen molar-refractivity contribution >= 4 is 11.9 Å². The normalized spacial score (nSPS) is 20.2. The van der Waals surface area contributed by atoms with Gasteiger partial charge in [-0.1, -0.05) is 0 Å². The second-order valence-corrected chi connectivity index (χ2v) is 6.04. The molecule has 0 amide bonds. The van der Waals surface area contributed by atoms with Crippen LogP contribution in [0.1, 0.15) is 38.6 Å². The Labute approximate surface area is 126 Å². The molecule has 1 aliphatic rings. The maximum Gasteiger partial charge on any atom is 0.229 e. The number of aliphatic hydroxyl groups excluding tert-OH is 1. The summed E-state index contributed by atoms with van der Waals surface area (Å²) in [4.78, 5) is 17.1. The summed E-state index contributed by atoms with van der Waals surface area (Å²) >= 11 is 0. The topological polar surface area (TPSA) is 91.4 Å². The monoisotopic (exact) mass is 294 g/mol. The Morgan fingerprint density at radius 2 is 1.81 bits per heavy atom. The molecule has 7 nitrogen and oxygen atoms in total. The van der Waals surface area contributed by atoms with Crippen LogP contribution in [-0.2, 0) is 0 Å². The number of hydrogen-bond donors (Lipinski definition) is 2. The van der Waals surface area contributed by atoms with E-state index < -0.39 is 0 Å². The summed E-state index contributed by atoms with van der Waals surface area (Å²) in [5, 5.41) is 9.68. The van der Waals surface area contributed by atoms with Gasteiger partial charge in [-0.2, -0.15) is 15.0 Å². The van der Waals surface area contributed by atoms with Gasteiger partial charge < -0.3 is 15.7 Å².